The predicted molar refractivity (Wildman–Crippen MR) is 75.9 cm³/mol. The monoisotopic (exact) mass is 265 g/mol. The maximum atomic E-state index is 9.32. The smallest absolute Gasteiger partial charge is 0.106 e. The average Bonchev–Trinajstić information content (AvgIpc) is 2.93. The molecule has 4 nitrogen and oxygen atoms in total. The third-order valence-electron chi connectivity index (χ3n) is 4.94. The Balaban J connectivity index is 1.80. The first-order valence-corrected chi connectivity index (χ1v) is 7.70. The van der Waals surface area contributed by atoms with Gasteiger partial charge in [-0.1, -0.05) is 6.92 Å². The molecule has 0 spiro atoms. The lowest BCUT2D eigenvalue weighted by molar-refractivity contribution is -0.0561. The molecule has 2 aliphatic rings. The van der Waals surface area contributed by atoms with Gasteiger partial charge in [0.25, 0.3) is 0 Å². The Morgan fingerprint density at radius 2 is 2.32 bits per heavy atom. The second kappa shape index (κ2) is 6.69. The van der Waals surface area contributed by atoms with E-state index >= 15 is 0 Å². The molecular weight excluding hydrogens is 238 g/mol. The second-order valence-electron chi connectivity index (χ2n) is 5.84. The lowest BCUT2D eigenvalue weighted by Crippen LogP contribution is -2.49. The van der Waals surface area contributed by atoms with E-state index in [0.717, 1.165) is 39.0 Å². The number of hydrogen-bond acceptors (Lipinski definition) is 4. The molecule has 4 heteroatoms. The fraction of sp³-hybridized carbons (Fsp3) is 0.933. The maximum Gasteiger partial charge on any atom is 0.106 e. The second-order valence-corrected chi connectivity index (χ2v) is 5.84. The van der Waals surface area contributed by atoms with Crippen molar-refractivity contribution in [3.63, 3.8) is 0 Å². The van der Waals surface area contributed by atoms with Crippen molar-refractivity contribution in [2.75, 3.05) is 26.7 Å². The molecule has 1 aliphatic carbocycles. The van der Waals surface area contributed by atoms with Gasteiger partial charge in [-0.2, -0.15) is 5.26 Å². The molecule has 0 bridgehead atoms. The van der Waals surface area contributed by atoms with Crippen molar-refractivity contribution in [2.24, 2.45) is 0 Å². The minimum absolute atomic E-state index is 0.332. The molecule has 2 rings (SSSR count). The Labute approximate surface area is 117 Å². The molecule has 3 unspecified atom stereocenters. The van der Waals surface area contributed by atoms with Crippen molar-refractivity contribution >= 4 is 0 Å². The molecule has 0 aromatic carbocycles. The summed E-state index contributed by atoms with van der Waals surface area (Å²) in [4.78, 5) is 2.59. The number of nitriles is 1. The number of fused-ring (bicyclic) bond motifs is 1. The van der Waals surface area contributed by atoms with Crippen LogP contribution in [-0.2, 0) is 4.74 Å². The minimum Gasteiger partial charge on any atom is -0.375 e. The number of nitrogens with one attached hydrogen (secondary N) is 1. The van der Waals surface area contributed by atoms with E-state index in [-0.39, 0.29) is 5.54 Å². The molecule has 0 amide bonds. The van der Waals surface area contributed by atoms with E-state index in [4.69, 9.17) is 4.74 Å². The first-order chi connectivity index (χ1) is 9.24. The average molecular weight is 265 g/mol. The van der Waals surface area contributed by atoms with Crippen molar-refractivity contribution in [1.82, 2.24) is 10.2 Å². The van der Waals surface area contributed by atoms with Crippen LogP contribution in [0.15, 0.2) is 0 Å². The highest BCUT2D eigenvalue weighted by Crippen LogP contribution is 2.30. The lowest BCUT2D eigenvalue weighted by atomic mass is 9.92. The molecular formula is C15H27N3O. The highest BCUT2D eigenvalue weighted by atomic mass is 16.5. The van der Waals surface area contributed by atoms with Crippen molar-refractivity contribution in [3.05, 3.63) is 0 Å². The fourth-order valence-electron chi connectivity index (χ4n) is 3.54. The van der Waals surface area contributed by atoms with Crippen molar-refractivity contribution in [2.45, 2.75) is 63.1 Å². The van der Waals surface area contributed by atoms with Crippen molar-refractivity contribution < 1.29 is 4.74 Å². The molecule has 19 heavy (non-hydrogen) atoms. The van der Waals surface area contributed by atoms with Gasteiger partial charge >= 0.3 is 0 Å². The zero-order chi connectivity index (χ0) is 13.7. The van der Waals surface area contributed by atoms with E-state index in [2.05, 4.69) is 23.2 Å². The summed E-state index contributed by atoms with van der Waals surface area (Å²) in [6.07, 6.45) is 7.19. The quantitative estimate of drug-likeness (QED) is 0.797. The summed E-state index contributed by atoms with van der Waals surface area (Å²) in [5.41, 5.74) is -0.332. The topological polar surface area (TPSA) is 48.3 Å². The van der Waals surface area contributed by atoms with Crippen LogP contribution in [0.1, 0.15) is 45.4 Å². The number of hydrogen-bond donors (Lipinski definition) is 1. The van der Waals surface area contributed by atoms with E-state index in [1.165, 1.54) is 19.3 Å². The molecule has 108 valence electrons. The highest BCUT2D eigenvalue weighted by molar-refractivity contribution is 5.05. The van der Waals surface area contributed by atoms with Crippen LogP contribution in [0, 0.1) is 11.3 Å². The van der Waals surface area contributed by atoms with Crippen molar-refractivity contribution in [3.8, 4) is 6.07 Å². The van der Waals surface area contributed by atoms with Gasteiger partial charge < -0.3 is 10.1 Å². The van der Waals surface area contributed by atoms with Gasteiger partial charge in [-0.3, -0.25) is 4.90 Å². The van der Waals surface area contributed by atoms with Crippen LogP contribution >= 0.6 is 0 Å². The standard InChI is InChI=1S/C15H27N3O/c1-3-15(12-16,17-2)8-5-9-18-10-11-19-14-7-4-6-13(14)18/h13-14,17H,3-11H2,1-2H3. The molecule has 1 N–H and O–H groups in total. The maximum absolute atomic E-state index is 9.32. The van der Waals surface area contributed by atoms with Crippen LogP contribution in [0.2, 0.25) is 0 Å². The summed E-state index contributed by atoms with van der Waals surface area (Å²) in [5, 5.41) is 12.5. The summed E-state index contributed by atoms with van der Waals surface area (Å²) >= 11 is 0. The first kappa shape index (κ1) is 14.8. The molecule has 1 saturated heterocycles. The minimum atomic E-state index is -0.332. The van der Waals surface area contributed by atoms with Gasteiger partial charge in [0.1, 0.15) is 5.54 Å². The van der Waals surface area contributed by atoms with Crippen molar-refractivity contribution in [1.29, 1.82) is 5.26 Å². The van der Waals surface area contributed by atoms with E-state index in [9.17, 15) is 5.26 Å². The van der Waals surface area contributed by atoms with Gasteiger partial charge in [-0.15, -0.1) is 0 Å². The predicted octanol–water partition coefficient (Wildman–Crippen LogP) is 1.91. The molecule has 0 aromatic rings. The van der Waals surface area contributed by atoms with E-state index < -0.39 is 0 Å². The van der Waals surface area contributed by atoms with E-state index in [1.54, 1.807) is 0 Å². The molecule has 2 fully saturated rings. The van der Waals surface area contributed by atoms with Crippen LogP contribution in [0.3, 0.4) is 0 Å². The third kappa shape index (κ3) is 3.28. The summed E-state index contributed by atoms with van der Waals surface area (Å²) in [7, 11) is 1.90. The van der Waals surface area contributed by atoms with Gasteiger partial charge in [0.15, 0.2) is 0 Å². The third-order valence-corrected chi connectivity index (χ3v) is 4.94. The first-order valence-electron chi connectivity index (χ1n) is 7.70. The Bertz CT molecular complexity index is 322. The summed E-state index contributed by atoms with van der Waals surface area (Å²) < 4.78 is 5.84. The van der Waals surface area contributed by atoms with E-state index in [1.807, 2.05) is 7.05 Å². The van der Waals surface area contributed by atoms with Crippen LogP contribution in [-0.4, -0.2) is 49.3 Å². The zero-order valence-electron chi connectivity index (χ0n) is 12.3. The number of rotatable bonds is 6. The zero-order valence-corrected chi connectivity index (χ0v) is 12.3. The fourth-order valence-corrected chi connectivity index (χ4v) is 3.54. The normalized spacial score (nSPS) is 30.6. The Kier molecular flexibility index (Phi) is 5.20. The van der Waals surface area contributed by atoms with E-state index in [0.29, 0.717) is 12.1 Å². The number of nitrogens with zero attached hydrogens (tertiary/aromatic N) is 2. The Morgan fingerprint density at radius 1 is 1.47 bits per heavy atom. The molecule has 0 aromatic heterocycles. The Morgan fingerprint density at radius 3 is 3.00 bits per heavy atom. The SMILES string of the molecule is CCC(C#N)(CCCN1CCOC2CCCC21)NC. The molecule has 0 radical (unpaired) electrons. The summed E-state index contributed by atoms with van der Waals surface area (Å²) in [6.45, 7) is 5.13. The van der Waals surface area contributed by atoms with Crippen LogP contribution in [0.25, 0.3) is 0 Å². The summed E-state index contributed by atoms with van der Waals surface area (Å²) in [5.74, 6) is 0. The van der Waals surface area contributed by atoms with Gasteiger partial charge in [-0.25, -0.2) is 0 Å². The molecule has 1 heterocycles. The van der Waals surface area contributed by atoms with Crippen LogP contribution in [0.5, 0.6) is 0 Å². The molecule has 3 atom stereocenters. The van der Waals surface area contributed by atoms with Gasteiger partial charge in [-0.05, 0) is 52.1 Å². The summed E-state index contributed by atoms with van der Waals surface area (Å²) in [6, 6.07) is 3.08. The number of ether oxygens (including phenoxy) is 1. The van der Waals surface area contributed by atoms with Gasteiger partial charge in [0.2, 0.25) is 0 Å². The molecule has 1 aliphatic heterocycles. The van der Waals surface area contributed by atoms with Gasteiger partial charge in [0, 0.05) is 12.6 Å². The largest absolute Gasteiger partial charge is 0.375 e. The highest BCUT2D eigenvalue weighted by Gasteiger charge is 2.36. The lowest BCUT2D eigenvalue weighted by Gasteiger charge is -2.38. The van der Waals surface area contributed by atoms with Gasteiger partial charge in [0.05, 0.1) is 18.8 Å². The van der Waals surface area contributed by atoms with Crippen LogP contribution in [0.4, 0.5) is 0 Å². The van der Waals surface area contributed by atoms with Crippen LogP contribution < -0.4 is 5.32 Å². The molecule has 1 saturated carbocycles. The Hall–Kier alpha value is -0.630. The number of morpholine rings is 1.